The average molecular weight is 277 g/mol. The lowest BCUT2D eigenvalue weighted by Crippen LogP contribution is -2.43. The predicted molar refractivity (Wildman–Crippen MR) is 83.2 cm³/mol. The molecular weight excluding hydrogens is 250 g/mol. The lowest BCUT2D eigenvalue weighted by atomic mass is 9.83. The average Bonchev–Trinajstić information content (AvgIpc) is 2.52. The Morgan fingerprint density at radius 1 is 1.40 bits per heavy atom. The number of nitrogens with zero attached hydrogens (tertiary/aromatic N) is 2. The SMILES string of the molecule is CCCOc1cccnc1N(C)C1CCCCC1CN. The van der Waals surface area contributed by atoms with Crippen molar-refractivity contribution in [3.63, 3.8) is 0 Å². The van der Waals surface area contributed by atoms with E-state index < -0.39 is 0 Å². The lowest BCUT2D eigenvalue weighted by molar-refractivity contribution is 0.295. The summed E-state index contributed by atoms with van der Waals surface area (Å²) in [5.74, 6) is 2.40. The summed E-state index contributed by atoms with van der Waals surface area (Å²) in [6.07, 6.45) is 7.85. The monoisotopic (exact) mass is 277 g/mol. The molecule has 4 heteroatoms. The van der Waals surface area contributed by atoms with Crippen LogP contribution in [0, 0.1) is 5.92 Å². The molecule has 1 aliphatic rings. The number of anilines is 1. The zero-order chi connectivity index (χ0) is 14.4. The highest BCUT2D eigenvalue weighted by Crippen LogP contribution is 2.33. The third kappa shape index (κ3) is 3.42. The molecule has 4 nitrogen and oxygen atoms in total. The van der Waals surface area contributed by atoms with E-state index in [1.165, 1.54) is 25.7 Å². The van der Waals surface area contributed by atoms with E-state index in [-0.39, 0.29) is 0 Å². The van der Waals surface area contributed by atoms with Crippen LogP contribution in [0.3, 0.4) is 0 Å². The van der Waals surface area contributed by atoms with Gasteiger partial charge in [0.25, 0.3) is 0 Å². The highest BCUT2D eigenvalue weighted by atomic mass is 16.5. The standard InChI is InChI=1S/C16H27N3O/c1-3-11-20-15-9-6-10-18-16(15)19(2)14-8-5-4-7-13(14)12-17/h6,9-10,13-14H,3-5,7-8,11-12,17H2,1-2H3. The molecule has 0 aliphatic heterocycles. The summed E-state index contributed by atoms with van der Waals surface area (Å²) in [7, 11) is 2.12. The van der Waals surface area contributed by atoms with Crippen molar-refractivity contribution >= 4 is 5.82 Å². The van der Waals surface area contributed by atoms with E-state index >= 15 is 0 Å². The molecule has 2 unspecified atom stereocenters. The smallest absolute Gasteiger partial charge is 0.171 e. The molecule has 1 aromatic rings. The molecular formula is C16H27N3O. The first-order chi connectivity index (χ1) is 9.77. The fraction of sp³-hybridized carbons (Fsp3) is 0.688. The van der Waals surface area contributed by atoms with Gasteiger partial charge in [-0.3, -0.25) is 0 Å². The fourth-order valence-electron chi connectivity index (χ4n) is 3.10. The van der Waals surface area contributed by atoms with E-state index in [0.29, 0.717) is 12.0 Å². The molecule has 0 spiro atoms. The van der Waals surface area contributed by atoms with Gasteiger partial charge in [0.2, 0.25) is 0 Å². The zero-order valence-corrected chi connectivity index (χ0v) is 12.7. The first-order valence-electron chi connectivity index (χ1n) is 7.78. The van der Waals surface area contributed by atoms with Crippen LogP contribution < -0.4 is 15.4 Å². The Hall–Kier alpha value is -1.29. The van der Waals surface area contributed by atoms with Crippen LogP contribution in [-0.2, 0) is 0 Å². The third-order valence-electron chi connectivity index (χ3n) is 4.22. The Morgan fingerprint density at radius 2 is 2.20 bits per heavy atom. The number of hydrogen-bond acceptors (Lipinski definition) is 4. The second kappa shape index (κ2) is 7.48. The second-order valence-corrected chi connectivity index (χ2v) is 5.63. The highest BCUT2D eigenvalue weighted by Gasteiger charge is 2.29. The molecule has 0 saturated heterocycles. The van der Waals surface area contributed by atoms with Crippen LogP contribution in [0.5, 0.6) is 5.75 Å². The maximum atomic E-state index is 5.95. The van der Waals surface area contributed by atoms with Gasteiger partial charge in [-0.1, -0.05) is 19.8 Å². The van der Waals surface area contributed by atoms with Gasteiger partial charge in [0.05, 0.1) is 6.61 Å². The molecule has 0 aromatic carbocycles. The van der Waals surface area contributed by atoms with Crippen LogP contribution in [0.2, 0.25) is 0 Å². The van der Waals surface area contributed by atoms with Crippen molar-refractivity contribution in [3.8, 4) is 5.75 Å². The molecule has 0 bridgehead atoms. The Balaban J connectivity index is 2.16. The highest BCUT2D eigenvalue weighted by molar-refractivity contribution is 5.52. The van der Waals surface area contributed by atoms with Crippen molar-refractivity contribution in [2.75, 3.05) is 25.1 Å². The van der Waals surface area contributed by atoms with Crippen molar-refractivity contribution in [1.29, 1.82) is 0 Å². The van der Waals surface area contributed by atoms with Gasteiger partial charge in [0.15, 0.2) is 11.6 Å². The number of hydrogen-bond donors (Lipinski definition) is 1. The summed E-state index contributed by atoms with van der Waals surface area (Å²) < 4.78 is 5.83. The van der Waals surface area contributed by atoms with Crippen LogP contribution in [0.15, 0.2) is 18.3 Å². The number of rotatable bonds is 6. The number of nitrogens with two attached hydrogens (primary N) is 1. The van der Waals surface area contributed by atoms with Gasteiger partial charge in [-0.05, 0) is 43.9 Å². The molecule has 2 rings (SSSR count). The molecule has 2 atom stereocenters. The minimum Gasteiger partial charge on any atom is -0.490 e. The van der Waals surface area contributed by atoms with Gasteiger partial charge in [-0.25, -0.2) is 4.98 Å². The molecule has 1 fully saturated rings. The van der Waals surface area contributed by atoms with E-state index in [4.69, 9.17) is 10.5 Å². The summed E-state index contributed by atoms with van der Waals surface area (Å²) in [6.45, 7) is 3.61. The molecule has 1 aromatic heterocycles. The first-order valence-corrected chi connectivity index (χ1v) is 7.78. The number of aromatic nitrogens is 1. The van der Waals surface area contributed by atoms with Crippen molar-refractivity contribution in [1.82, 2.24) is 4.98 Å². The van der Waals surface area contributed by atoms with E-state index in [1.54, 1.807) is 0 Å². The lowest BCUT2D eigenvalue weighted by Gasteiger charge is -2.38. The topological polar surface area (TPSA) is 51.4 Å². The molecule has 0 radical (unpaired) electrons. The molecule has 1 aliphatic carbocycles. The first kappa shape index (κ1) is 15.1. The maximum absolute atomic E-state index is 5.95. The third-order valence-corrected chi connectivity index (χ3v) is 4.22. The Labute approximate surface area is 122 Å². The summed E-state index contributed by atoms with van der Waals surface area (Å²) in [5.41, 5.74) is 5.95. The molecule has 1 saturated carbocycles. The molecule has 2 N–H and O–H groups in total. The van der Waals surface area contributed by atoms with Crippen LogP contribution in [0.1, 0.15) is 39.0 Å². The van der Waals surface area contributed by atoms with E-state index in [1.807, 2.05) is 18.3 Å². The van der Waals surface area contributed by atoms with E-state index in [9.17, 15) is 0 Å². The van der Waals surface area contributed by atoms with Gasteiger partial charge < -0.3 is 15.4 Å². The predicted octanol–water partition coefficient (Wildman–Crippen LogP) is 2.82. The summed E-state index contributed by atoms with van der Waals surface area (Å²) >= 11 is 0. The quantitative estimate of drug-likeness (QED) is 0.868. The molecule has 112 valence electrons. The molecule has 1 heterocycles. The Bertz CT molecular complexity index is 410. The number of ether oxygens (including phenoxy) is 1. The van der Waals surface area contributed by atoms with Crippen LogP contribution in [-0.4, -0.2) is 31.2 Å². The van der Waals surface area contributed by atoms with Gasteiger partial charge in [-0.2, -0.15) is 0 Å². The summed E-state index contributed by atoms with van der Waals surface area (Å²) in [5, 5.41) is 0. The van der Waals surface area contributed by atoms with Crippen LogP contribution in [0.4, 0.5) is 5.82 Å². The van der Waals surface area contributed by atoms with Gasteiger partial charge in [0, 0.05) is 19.3 Å². The van der Waals surface area contributed by atoms with E-state index in [0.717, 1.165) is 31.1 Å². The van der Waals surface area contributed by atoms with Crippen molar-refractivity contribution in [2.45, 2.75) is 45.1 Å². The number of pyridine rings is 1. The zero-order valence-electron chi connectivity index (χ0n) is 12.7. The van der Waals surface area contributed by atoms with Gasteiger partial charge >= 0.3 is 0 Å². The van der Waals surface area contributed by atoms with Gasteiger partial charge in [-0.15, -0.1) is 0 Å². The fourth-order valence-corrected chi connectivity index (χ4v) is 3.10. The van der Waals surface area contributed by atoms with Crippen LogP contribution in [0.25, 0.3) is 0 Å². The van der Waals surface area contributed by atoms with Crippen molar-refractivity contribution in [3.05, 3.63) is 18.3 Å². The van der Waals surface area contributed by atoms with Gasteiger partial charge in [0.1, 0.15) is 0 Å². The Morgan fingerprint density at radius 3 is 2.95 bits per heavy atom. The Kier molecular flexibility index (Phi) is 5.65. The van der Waals surface area contributed by atoms with Crippen molar-refractivity contribution < 1.29 is 4.74 Å². The van der Waals surface area contributed by atoms with Crippen LogP contribution >= 0.6 is 0 Å². The second-order valence-electron chi connectivity index (χ2n) is 5.63. The minimum atomic E-state index is 0.479. The summed E-state index contributed by atoms with van der Waals surface area (Å²) in [6, 6.07) is 4.42. The van der Waals surface area contributed by atoms with E-state index in [2.05, 4.69) is 23.9 Å². The molecule has 20 heavy (non-hydrogen) atoms. The largest absolute Gasteiger partial charge is 0.490 e. The molecule has 0 amide bonds. The van der Waals surface area contributed by atoms with Crippen molar-refractivity contribution in [2.24, 2.45) is 11.7 Å². The minimum absolute atomic E-state index is 0.479. The summed E-state index contributed by atoms with van der Waals surface area (Å²) in [4.78, 5) is 6.82. The maximum Gasteiger partial charge on any atom is 0.171 e. The normalized spacial score (nSPS) is 22.6.